The van der Waals surface area contributed by atoms with Gasteiger partial charge in [0.1, 0.15) is 5.69 Å². The van der Waals surface area contributed by atoms with Crippen molar-refractivity contribution in [3.63, 3.8) is 0 Å². The maximum absolute atomic E-state index is 12.6. The van der Waals surface area contributed by atoms with Crippen molar-refractivity contribution in [2.75, 3.05) is 0 Å². The highest BCUT2D eigenvalue weighted by Gasteiger charge is 2.33. The van der Waals surface area contributed by atoms with Gasteiger partial charge in [0.15, 0.2) is 0 Å². The zero-order valence-electron chi connectivity index (χ0n) is 12.1. The van der Waals surface area contributed by atoms with Gasteiger partial charge in [-0.15, -0.1) is 0 Å². The zero-order chi connectivity index (χ0) is 16.6. The number of hydrogen-bond donors (Lipinski definition) is 0. The Bertz CT molecular complexity index is 842. The van der Waals surface area contributed by atoms with Crippen LogP contribution in [-0.2, 0) is 6.18 Å². The van der Waals surface area contributed by atoms with E-state index in [4.69, 9.17) is 4.52 Å². The van der Waals surface area contributed by atoms with Gasteiger partial charge in [-0.05, 0) is 31.5 Å². The molecule has 9 heteroatoms. The van der Waals surface area contributed by atoms with Gasteiger partial charge in [-0.3, -0.25) is 0 Å². The second-order valence-electron chi connectivity index (χ2n) is 4.83. The van der Waals surface area contributed by atoms with Crippen LogP contribution in [0.25, 0.3) is 23.1 Å². The summed E-state index contributed by atoms with van der Waals surface area (Å²) in [5.74, 6) is 0.477. The van der Waals surface area contributed by atoms with Gasteiger partial charge in [-0.2, -0.15) is 18.2 Å². The summed E-state index contributed by atoms with van der Waals surface area (Å²) in [5, 5.41) is 3.74. The standard InChI is InChI=1S/C14H10F3N5O/c1-7-5-18-11(19-6-7)12-21-13(23-22-12)9-3-4-10(14(15,16)17)20-8(9)2/h3-6H,1-2H3. The van der Waals surface area contributed by atoms with Gasteiger partial charge < -0.3 is 4.52 Å². The van der Waals surface area contributed by atoms with Crippen molar-refractivity contribution in [3.05, 3.63) is 41.5 Å². The van der Waals surface area contributed by atoms with Crippen LogP contribution in [0.3, 0.4) is 0 Å². The van der Waals surface area contributed by atoms with Gasteiger partial charge in [0.05, 0.1) is 11.3 Å². The molecule has 6 nitrogen and oxygen atoms in total. The lowest BCUT2D eigenvalue weighted by Gasteiger charge is -2.07. The number of nitrogens with zero attached hydrogens (tertiary/aromatic N) is 5. The van der Waals surface area contributed by atoms with E-state index in [9.17, 15) is 13.2 Å². The molecule has 3 rings (SSSR count). The smallest absolute Gasteiger partial charge is 0.333 e. The van der Waals surface area contributed by atoms with Gasteiger partial charge in [0.2, 0.25) is 11.6 Å². The van der Waals surface area contributed by atoms with Crippen molar-refractivity contribution in [3.8, 4) is 23.1 Å². The average molecular weight is 321 g/mol. The topological polar surface area (TPSA) is 77.6 Å². The largest absolute Gasteiger partial charge is 0.433 e. The summed E-state index contributed by atoms with van der Waals surface area (Å²) in [5.41, 5.74) is 0.365. The quantitative estimate of drug-likeness (QED) is 0.721. The molecular weight excluding hydrogens is 311 g/mol. The van der Waals surface area contributed by atoms with Gasteiger partial charge in [-0.1, -0.05) is 5.16 Å². The monoisotopic (exact) mass is 321 g/mol. The lowest BCUT2D eigenvalue weighted by molar-refractivity contribution is -0.141. The van der Waals surface area contributed by atoms with Gasteiger partial charge in [-0.25, -0.2) is 15.0 Å². The first-order valence-electron chi connectivity index (χ1n) is 6.52. The molecule has 0 fully saturated rings. The van der Waals surface area contributed by atoms with Crippen LogP contribution in [0.5, 0.6) is 0 Å². The molecule has 0 aromatic carbocycles. The SMILES string of the molecule is Cc1cnc(-c2noc(-c3ccc(C(F)(F)F)nc3C)n2)nc1. The predicted molar refractivity (Wildman–Crippen MR) is 73.0 cm³/mol. The average Bonchev–Trinajstić information content (AvgIpc) is 2.96. The Balaban J connectivity index is 1.96. The van der Waals surface area contributed by atoms with Crippen LogP contribution in [-0.4, -0.2) is 25.1 Å². The maximum Gasteiger partial charge on any atom is 0.433 e. The van der Waals surface area contributed by atoms with Crippen LogP contribution in [0.15, 0.2) is 29.0 Å². The Hall–Kier alpha value is -2.84. The molecule has 0 aliphatic carbocycles. The Morgan fingerprint density at radius 3 is 2.26 bits per heavy atom. The molecule has 0 amide bonds. The highest BCUT2D eigenvalue weighted by molar-refractivity contribution is 5.58. The summed E-state index contributed by atoms with van der Waals surface area (Å²) in [7, 11) is 0. The number of alkyl halides is 3. The lowest BCUT2D eigenvalue weighted by Crippen LogP contribution is -2.08. The molecule has 0 radical (unpaired) electrons. The van der Waals surface area contributed by atoms with Gasteiger partial charge in [0, 0.05) is 12.4 Å². The summed E-state index contributed by atoms with van der Waals surface area (Å²) in [6.07, 6.45) is -1.30. The van der Waals surface area contributed by atoms with E-state index in [-0.39, 0.29) is 23.2 Å². The van der Waals surface area contributed by atoms with Crippen molar-refractivity contribution >= 4 is 0 Å². The Morgan fingerprint density at radius 2 is 1.65 bits per heavy atom. The van der Waals surface area contributed by atoms with E-state index in [0.717, 1.165) is 11.6 Å². The van der Waals surface area contributed by atoms with Crippen LogP contribution in [0.1, 0.15) is 17.0 Å². The number of halogens is 3. The fourth-order valence-electron chi connectivity index (χ4n) is 1.88. The minimum absolute atomic E-state index is 0.0582. The Morgan fingerprint density at radius 1 is 0.957 bits per heavy atom. The maximum atomic E-state index is 12.6. The summed E-state index contributed by atoms with van der Waals surface area (Å²) in [4.78, 5) is 15.8. The highest BCUT2D eigenvalue weighted by Crippen LogP contribution is 2.30. The van der Waals surface area contributed by atoms with Crippen LogP contribution in [0.4, 0.5) is 13.2 Å². The summed E-state index contributed by atoms with van der Waals surface area (Å²) in [6, 6.07) is 2.12. The molecule has 0 saturated carbocycles. The predicted octanol–water partition coefficient (Wildman–Crippen LogP) is 3.22. The van der Waals surface area contributed by atoms with E-state index in [2.05, 4.69) is 25.1 Å². The molecule has 0 aliphatic rings. The summed E-state index contributed by atoms with van der Waals surface area (Å²) in [6.45, 7) is 3.28. The molecule has 0 aliphatic heterocycles. The molecule has 0 unspecified atom stereocenters. The van der Waals surface area contributed by atoms with E-state index in [1.54, 1.807) is 12.4 Å². The number of aromatic nitrogens is 5. The minimum atomic E-state index is -4.50. The normalized spacial score (nSPS) is 11.7. The number of aryl methyl sites for hydroxylation is 2. The Labute approximate surface area is 128 Å². The first kappa shape index (κ1) is 15.1. The molecule has 0 bridgehead atoms. The third-order valence-electron chi connectivity index (χ3n) is 3.01. The van der Waals surface area contributed by atoms with Gasteiger partial charge >= 0.3 is 6.18 Å². The van der Waals surface area contributed by atoms with Crippen LogP contribution >= 0.6 is 0 Å². The van der Waals surface area contributed by atoms with Crippen molar-refractivity contribution in [1.29, 1.82) is 0 Å². The first-order valence-corrected chi connectivity index (χ1v) is 6.52. The molecule has 0 atom stereocenters. The second kappa shape index (κ2) is 5.41. The van der Waals surface area contributed by atoms with Crippen LogP contribution < -0.4 is 0 Å². The van der Waals surface area contributed by atoms with Crippen molar-refractivity contribution in [1.82, 2.24) is 25.1 Å². The third-order valence-corrected chi connectivity index (χ3v) is 3.01. The molecule has 3 aromatic heterocycles. The molecule has 0 N–H and O–H groups in total. The molecule has 0 saturated heterocycles. The number of rotatable bonds is 2. The van der Waals surface area contributed by atoms with Crippen molar-refractivity contribution < 1.29 is 17.7 Å². The number of pyridine rings is 1. The van der Waals surface area contributed by atoms with Gasteiger partial charge in [0.25, 0.3) is 5.89 Å². The zero-order valence-corrected chi connectivity index (χ0v) is 12.1. The molecule has 23 heavy (non-hydrogen) atoms. The third kappa shape index (κ3) is 3.03. The molecule has 0 spiro atoms. The Kier molecular flexibility index (Phi) is 3.55. The number of hydrogen-bond acceptors (Lipinski definition) is 6. The fraction of sp³-hybridized carbons (Fsp3) is 0.214. The second-order valence-corrected chi connectivity index (χ2v) is 4.83. The minimum Gasteiger partial charge on any atom is -0.333 e. The van der Waals surface area contributed by atoms with E-state index < -0.39 is 11.9 Å². The summed E-state index contributed by atoms with van der Waals surface area (Å²) >= 11 is 0. The van der Waals surface area contributed by atoms with E-state index in [1.165, 1.54) is 13.0 Å². The highest BCUT2D eigenvalue weighted by atomic mass is 19.4. The molecule has 3 heterocycles. The van der Waals surface area contributed by atoms with Crippen molar-refractivity contribution in [2.45, 2.75) is 20.0 Å². The van der Waals surface area contributed by atoms with Crippen LogP contribution in [0, 0.1) is 13.8 Å². The van der Waals surface area contributed by atoms with E-state index in [0.29, 0.717) is 5.56 Å². The first-order chi connectivity index (χ1) is 10.8. The lowest BCUT2D eigenvalue weighted by atomic mass is 10.2. The summed E-state index contributed by atoms with van der Waals surface area (Å²) < 4.78 is 43.0. The molecular formula is C14H10F3N5O. The molecule has 3 aromatic rings. The fourth-order valence-corrected chi connectivity index (χ4v) is 1.88. The van der Waals surface area contributed by atoms with E-state index in [1.807, 2.05) is 6.92 Å². The van der Waals surface area contributed by atoms with Crippen LogP contribution in [0.2, 0.25) is 0 Å². The van der Waals surface area contributed by atoms with E-state index >= 15 is 0 Å². The molecule has 118 valence electrons. The van der Waals surface area contributed by atoms with Crippen molar-refractivity contribution in [2.24, 2.45) is 0 Å².